The van der Waals surface area contributed by atoms with Crippen molar-refractivity contribution in [2.45, 2.75) is 69.9 Å². The van der Waals surface area contributed by atoms with Crippen molar-refractivity contribution >= 4 is 17.8 Å². The van der Waals surface area contributed by atoms with Crippen LogP contribution in [0.3, 0.4) is 0 Å². The fourth-order valence-corrected chi connectivity index (χ4v) is 3.27. The van der Waals surface area contributed by atoms with Gasteiger partial charge < -0.3 is 45.3 Å². The number of rotatable bonds is 10. The van der Waals surface area contributed by atoms with E-state index in [4.69, 9.17) is 19.9 Å². The van der Waals surface area contributed by atoms with Crippen molar-refractivity contribution in [1.82, 2.24) is 4.90 Å². The van der Waals surface area contributed by atoms with Gasteiger partial charge in [0, 0.05) is 32.9 Å². The minimum Gasteiger partial charge on any atom is -0.462 e. The quantitative estimate of drug-likeness (QED) is 0.219. The van der Waals surface area contributed by atoms with Crippen LogP contribution in [-0.2, 0) is 28.6 Å². The van der Waals surface area contributed by atoms with Gasteiger partial charge in [-0.15, -0.1) is 0 Å². The first-order valence-electron chi connectivity index (χ1n) is 10.4. The molecule has 1 fully saturated rings. The SMILES string of the molecule is CC(O)C1C(O)CC(O)(C(=O)OCC(=O)N(C)C)OC1C[C@H](O)COC(=O)[C@@H](N)C(C)C. The van der Waals surface area contributed by atoms with Crippen molar-refractivity contribution in [3.63, 3.8) is 0 Å². The third-order valence-electron chi connectivity index (χ3n) is 5.32. The van der Waals surface area contributed by atoms with E-state index in [2.05, 4.69) is 0 Å². The molecule has 0 aromatic carbocycles. The van der Waals surface area contributed by atoms with Crippen LogP contribution in [0.25, 0.3) is 0 Å². The number of amides is 1. The summed E-state index contributed by atoms with van der Waals surface area (Å²) in [6.45, 7) is 3.77. The molecule has 5 unspecified atom stereocenters. The minimum absolute atomic E-state index is 0.170. The maximum Gasteiger partial charge on any atom is 0.367 e. The van der Waals surface area contributed by atoms with Gasteiger partial charge in [0.2, 0.25) is 0 Å². The second kappa shape index (κ2) is 11.9. The normalized spacial score (nSPS) is 28.5. The van der Waals surface area contributed by atoms with E-state index < -0.39 is 79.6 Å². The van der Waals surface area contributed by atoms with Crippen LogP contribution in [0.2, 0.25) is 0 Å². The first-order chi connectivity index (χ1) is 14.7. The molecule has 7 atom stereocenters. The monoisotopic (exact) mass is 464 g/mol. The van der Waals surface area contributed by atoms with Crippen molar-refractivity contribution in [3.8, 4) is 0 Å². The van der Waals surface area contributed by atoms with Crippen molar-refractivity contribution in [3.05, 3.63) is 0 Å². The van der Waals surface area contributed by atoms with Gasteiger partial charge in [-0.3, -0.25) is 9.59 Å². The Balaban J connectivity index is 2.85. The molecule has 12 heteroatoms. The number of hydrogen-bond donors (Lipinski definition) is 5. The van der Waals surface area contributed by atoms with E-state index in [9.17, 15) is 34.8 Å². The Labute approximate surface area is 187 Å². The van der Waals surface area contributed by atoms with Gasteiger partial charge in [-0.1, -0.05) is 13.8 Å². The van der Waals surface area contributed by atoms with E-state index in [1.165, 1.54) is 25.9 Å². The summed E-state index contributed by atoms with van der Waals surface area (Å²) < 4.78 is 15.2. The van der Waals surface area contributed by atoms with Gasteiger partial charge in [0.15, 0.2) is 6.61 Å². The van der Waals surface area contributed by atoms with Gasteiger partial charge in [-0.05, 0) is 12.8 Å². The summed E-state index contributed by atoms with van der Waals surface area (Å²) in [6, 6.07) is -0.870. The summed E-state index contributed by atoms with van der Waals surface area (Å²) in [4.78, 5) is 37.0. The van der Waals surface area contributed by atoms with E-state index in [-0.39, 0.29) is 12.3 Å². The largest absolute Gasteiger partial charge is 0.462 e. The standard InChI is InChI=1S/C20H36N2O10/c1-10(2)17(21)18(27)30-8-12(24)6-14-16(11(3)23)13(25)7-20(29,32-14)19(28)31-9-15(26)22(4)5/h10-14,16-17,23-25,29H,6-9,21H2,1-5H3/t11?,12-,13?,14?,16?,17-,20?/m0/s1. The van der Waals surface area contributed by atoms with Crippen molar-refractivity contribution in [2.75, 3.05) is 27.3 Å². The fourth-order valence-electron chi connectivity index (χ4n) is 3.27. The third kappa shape index (κ3) is 7.64. The average Bonchev–Trinajstić information content (AvgIpc) is 2.68. The topological polar surface area (TPSA) is 189 Å². The molecule has 0 radical (unpaired) electrons. The molecule has 1 rings (SSSR count). The number of ether oxygens (including phenoxy) is 3. The summed E-state index contributed by atoms with van der Waals surface area (Å²) in [7, 11) is 2.91. The molecule has 0 spiro atoms. The Kier molecular flexibility index (Phi) is 10.5. The van der Waals surface area contributed by atoms with Crippen LogP contribution in [0.15, 0.2) is 0 Å². The summed E-state index contributed by atoms with van der Waals surface area (Å²) in [5.41, 5.74) is 5.69. The number of carbonyl (C=O) groups excluding carboxylic acids is 3. The predicted octanol–water partition coefficient (Wildman–Crippen LogP) is -2.27. The smallest absolute Gasteiger partial charge is 0.367 e. The number of hydrogen-bond acceptors (Lipinski definition) is 11. The zero-order chi connectivity index (χ0) is 24.8. The summed E-state index contributed by atoms with van der Waals surface area (Å²) in [5.74, 6) is -6.26. The highest BCUT2D eigenvalue weighted by molar-refractivity contribution is 5.83. The number of nitrogens with zero attached hydrogens (tertiary/aromatic N) is 1. The van der Waals surface area contributed by atoms with Crippen LogP contribution in [0.5, 0.6) is 0 Å². The number of nitrogens with two attached hydrogens (primary N) is 1. The summed E-state index contributed by atoms with van der Waals surface area (Å²) in [5, 5.41) is 41.5. The number of esters is 2. The molecule has 1 saturated heterocycles. The van der Waals surface area contributed by atoms with E-state index in [0.29, 0.717) is 0 Å². The Morgan fingerprint density at radius 1 is 1.19 bits per heavy atom. The van der Waals surface area contributed by atoms with Gasteiger partial charge in [0.25, 0.3) is 11.7 Å². The van der Waals surface area contributed by atoms with Gasteiger partial charge in [-0.2, -0.15) is 0 Å². The average molecular weight is 465 g/mol. The molecule has 1 aliphatic heterocycles. The first-order valence-corrected chi connectivity index (χ1v) is 10.4. The van der Waals surface area contributed by atoms with Crippen LogP contribution in [0.1, 0.15) is 33.6 Å². The minimum atomic E-state index is -2.60. The summed E-state index contributed by atoms with van der Waals surface area (Å²) >= 11 is 0. The Morgan fingerprint density at radius 2 is 1.78 bits per heavy atom. The molecular formula is C20H36N2O10. The molecule has 1 amide bonds. The molecule has 0 aromatic rings. The molecule has 1 aliphatic rings. The maximum atomic E-state index is 12.4. The van der Waals surface area contributed by atoms with E-state index in [1.807, 2.05) is 0 Å². The van der Waals surface area contributed by atoms with Crippen LogP contribution in [-0.4, -0.2) is 107 Å². The van der Waals surface area contributed by atoms with Gasteiger partial charge in [0.05, 0.1) is 24.4 Å². The molecule has 186 valence electrons. The lowest BCUT2D eigenvalue weighted by Crippen LogP contribution is -2.59. The second-order valence-electron chi connectivity index (χ2n) is 8.68. The van der Waals surface area contributed by atoms with Crippen molar-refractivity contribution in [2.24, 2.45) is 17.6 Å². The molecular weight excluding hydrogens is 428 g/mol. The maximum absolute atomic E-state index is 12.4. The van der Waals surface area contributed by atoms with Gasteiger partial charge >= 0.3 is 11.9 Å². The molecule has 12 nitrogen and oxygen atoms in total. The van der Waals surface area contributed by atoms with Crippen molar-refractivity contribution < 1.29 is 49.0 Å². The van der Waals surface area contributed by atoms with Gasteiger partial charge in [0.1, 0.15) is 12.6 Å². The van der Waals surface area contributed by atoms with Crippen LogP contribution >= 0.6 is 0 Å². The first kappa shape index (κ1) is 28.2. The highest BCUT2D eigenvalue weighted by atomic mass is 16.7. The van der Waals surface area contributed by atoms with Crippen molar-refractivity contribution in [1.29, 1.82) is 0 Å². The molecule has 0 aliphatic carbocycles. The van der Waals surface area contributed by atoms with Crippen LogP contribution in [0.4, 0.5) is 0 Å². The van der Waals surface area contributed by atoms with E-state index >= 15 is 0 Å². The number of aliphatic hydroxyl groups is 4. The zero-order valence-electron chi connectivity index (χ0n) is 19.1. The second-order valence-corrected chi connectivity index (χ2v) is 8.68. The highest BCUT2D eigenvalue weighted by Crippen LogP contribution is 2.36. The Bertz CT molecular complexity index is 656. The number of carbonyl (C=O) groups is 3. The molecule has 32 heavy (non-hydrogen) atoms. The lowest BCUT2D eigenvalue weighted by molar-refractivity contribution is -0.297. The summed E-state index contributed by atoms with van der Waals surface area (Å²) in [6.07, 6.45) is -5.90. The number of aliphatic hydroxyl groups excluding tert-OH is 3. The van der Waals surface area contributed by atoms with E-state index in [1.54, 1.807) is 13.8 Å². The lowest BCUT2D eigenvalue weighted by Gasteiger charge is -2.44. The predicted molar refractivity (Wildman–Crippen MR) is 110 cm³/mol. The molecule has 0 saturated carbocycles. The van der Waals surface area contributed by atoms with Crippen LogP contribution < -0.4 is 5.73 Å². The third-order valence-corrected chi connectivity index (χ3v) is 5.32. The molecule has 0 aromatic heterocycles. The fraction of sp³-hybridized carbons (Fsp3) is 0.850. The molecule has 0 bridgehead atoms. The zero-order valence-corrected chi connectivity index (χ0v) is 19.1. The van der Waals surface area contributed by atoms with Gasteiger partial charge in [-0.25, -0.2) is 4.79 Å². The lowest BCUT2D eigenvalue weighted by atomic mass is 9.81. The molecule has 1 heterocycles. The van der Waals surface area contributed by atoms with Crippen LogP contribution in [0, 0.1) is 11.8 Å². The highest BCUT2D eigenvalue weighted by Gasteiger charge is 2.53. The number of likely N-dealkylation sites (N-methyl/N-ethyl adjacent to an activating group) is 1. The van der Waals surface area contributed by atoms with E-state index in [0.717, 1.165) is 0 Å². The Morgan fingerprint density at radius 3 is 2.28 bits per heavy atom. The molecule has 6 N–H and O–H groups in total. The Hall–Kier alpha value is -1.83.